The van der Waals surface area contributed by atoms with E-state index in [1.54, 1.807) is 19.2 Å². The van der Waals surface area contributed by atoms with Crippen molar-refractivity contribution in [2.45, 2.75) is 19.6 Å². The smallest absolute Gasteiger partial charge is 0.347 e. The van der Waals surface area contributed by atoms with Gasteiger partial charge in [0, 0.05) is 18.8 Å². The maximum atomic E-state index is 12.4. The van der Waals surface area contributed by atoms with Gasteiger partial charge in [0.05, 0.1) is 18.0 Å². The highest BCUT2D eigenvalue weighted by Gasteiger charge is 2.38. The zero-order chi connectivity index (χ0) is 17.9. The molecule has 2 rings (SSSR count). The molecular weight excluding hydrogens is 349 g/mol. The van der Waals surface area contributed by atoms with Crippen LogP contribution in [0.1, 0.15) is 17.7 Å². The van der Waals surface area contributed by atoms with Gasteiger partial charge >= 0.3 is 12.1 Å². The molecule has 0 unspecified atom stereocenters. The molecular formula is C13H13F3N4O3S. The molecule has 24 heavy (non-hydrogen) atoms. The second-order valence-corrected chi connectivity index (χ2v) is 6.01. The summed E-state index contributed by atoms with van der Waals surface area (Å²) in [6.07, 6.45) is -4.69. The van der Waals surface area contributed by atoms with E-state index in [4.69, 9.17) is 0 Å². The first-order valence-corrected chi connectivity index (χ1v) is 7.47. The molecule has 0 fully saturated rings. The standard InChI is InChI=1S/C13H13F3N4O3S/c1-7(21)17-5-10(22)20(2)6-8-3-4-9(24-8)11-18-12(23-19-11)13(14,15)16/h3-4H,5-6H2,1-2H3,(H,17,21). The van der Waals surface area contributed by atoms with Gasteiger partial charge in [0.1, 0.15) is 0 Å². The van der Waals surface area contributed by atoms with Crippen molar-refractivity contribution in [1.29, 1.82) is 0 Å². The van der Waals surface area contributed by atoms with Crippen LogP contribution in [0.5, 0.6) is 0 Å². The molecule has 0 atom stereocenters. The number of carbonyl (C=O) groups is 2. The third-order valence-corrected chi connectivity index (χ3v) is 3.92. The molecule has 7 nitrogen and oxygen atoms in total. The number of thiophene rings is 1. The van der Waals surface area contributed by atoms with Gasteiger partial charge in [0.15, 0.2) is 0 Å². The summed E-state index contributed by atoms with van der Waals surface area (Å²) >= 11 is 1.15. The zero-order valence-corrected chi connectivity index (χ0v) is 13.5. The molecule has 130 valence electrons. The summed E-state index contributed by atoms with van der Waals surface area (Å²) < 4.78 is 41.5. The first-order chi connectivity index (χ1) is 11.2. The van der Waals surface area contributed by atoms with E-state index in [0.717, 1.165) is 16.2 Å². The third-order valence-electron chi connectivity index (χ3n) is 2.86. The second kappa shape index (κ2) is 6.99. The summed E-state index contributed by atoms with van der Waals surface area (Å²) in [6.45, 7) is 1.43. The predicted molar refractivity (Wildman–Crippen MR) is 77.8 cm³/mol. The highest BCUT2D eigenvalue weighted by atomic mass is 32.1. The van der Waals surface area contributed by atoms with E-state index in [1.807, 2.05) is 0 Å². The molecule has 0 saturated heterocycles. The zero-order valence-electron chi connectivity index (χ0n) is 12.7. The van der Waals surface area contributed by atoms with Crippen LogP contribution in [-0.2, 0) is 22.3 Å². The Morgan fingerprint density at radius 2 is 2.08 bits per heavy atom. The van der Waals surface area contributed by atoms with Gasteiger partial charge in [-0.05, 0) is 12.1 Å². The lowest BCUT2D eigenvalue weighted by molar-refractivity contribution is -0.159. The molecule has 0 bridgehead atoms. The lowest BCUT2D eigenvalue weighted by atomic mass is 10.4. The molecule has 2 heterocycles. The van der Waals surface area contributed by atoms with E-state index in [2.05, 4.69) is 20.0 Å². The normalized spacial score (nSPS) is 11.4. The monoisotopic (exact) mass is 362 g/mol. The fourth-order valence-electron chi connectivity index (χ4n) is 1.68. The lowest BCUT2D eigenvalue weighted by Gasteiger charge is -2.16. The van der Waals surface area contributed by atoms with Gasteiger partial charge in [0.2, 0.25) is 17.6 Å². The van der Waals surface area contributed by atoms with Crippen LogP contribution in [0, 0.1) is 0 Å². The average Bonchev–Trinajstić information content (AvgIpc) is 3.12. The van der Waals surface area contributed by atoms with E-state index in [9.17, 15) is 22.8 Å². The van der Waals surface area contributed by atoms with Gasteiger partial charge in [0.25, 0.3) is 0 Å². The minimum Gasteiger partial charge on any atom is -0.347 e. The topological polar surface area (TPSA) is 88.3 Å². The van der Waals surface area contributed by atoms with Crippen LogP contribution in [0.2, 0.25) is 0 Å². The SMILES string of the molecule is CC(=O)NCC(=O)N(C)Cc1ccc(-c2noc(C(F)(F)F)n2)s1. The van der Waals surface area contributed by atoms with Crippen LogP contribution in [0.3, 0.4) is 0 Å². The van der Waals surface area contributed by atoms with Gasteiger partial charge < -0.3 is 14.7 Å². The number of nitrogens with one attached hydrogen (secondary N) is 1. The number of alkyl halides is 3. The fourth-order valence-corrected chi connectivity index (χ4v) is 2.67. The van der Waals surface area contributed by atoms with Crippen LogP contribution in [-0.4, -0.2) is 40.4 Å². The lowest BCUT2D eigenvalue weighted by Crippen LogP contribution is -2.36. The molecule has 0 spiro atoms. The van der Waals surface area contributed by atoms with Gasteiger partial charge in [-0.2, -0.15) is 18.2 Å². The molecule has 2 aromatic rings. The molecule has 0 aliphatic carbocycles. The van der Waals surface area contributed by atoms with Crippen LogP contribution in [0.4, 0.5) is 13.2 Å². The number of likely N-dealkylation sites (N-methyl/N-ethyl adjacent to an activating group) is 1. The van der Waals surface area contributed by atoms with Crippen molar-refractivity contribution in [3.63, 3.8) is 0 Å². The number of aromatic nitrogens is 2. The summed E-state index contributed by atoms with van der Waals surface area (Å²) in [5.74, 6) is -2.17. The number of hydrogen-bond donors (Lipinski definition) is 1. The first-order valence-electron chi connectivity index (χ1n) is 6.65. The van der Waals surface area contributed by atoms with E-state index in [0.29, 0.717) is 4.88 Å². The van der Waals surface area contributed by atoms with Crippen molar-refractivity contribution in [2.24, 2.45) is 0 Å². The molecule has 1 N–H and O–H groups in total. The Labute approximate surface area is 138 Å². The van der Waals surface area contributed by atoms with Crippen molar-refractivity contribution in [3.05, 3.63) is 22.9 Å². The highest BCUT2D eigenvalue weighted by Crippen LogP contribution is 2.31. The van der Waals surface area contributed by atoms with Crippen LogP contribution < -0.4 is 5.32 Å². The molecule has 0 radical (unpaired) electrons. The fraction of sp³-hybridized carbons (Fsp3) is 0.385. The molecule has 2 aromatic heterocycles. The summed E-state index contributed by atoms with van der Waals surface area (Å²) in [7, 11) is 1.56. The van der Waals surface area contributed by atoms with Crippen molar-refractivity contribution in [2.75, 3.05) is 13.6 Å². The third kappa shape index (κ3) is 4.54. The summed E-state index contributed by atoms with van der Waals surface area (Å²) in [6, 6.07) is 3.21. The summed E-state index contributed by atoms with van der Waals surface area (Å²) in [5, 5.41) is 5.70. The van der Waals surface area contributed by atoms with Crippen molar-refractivity contribution in [1.82, 2.24) is 20.4 Å². The van der Waals surface area contributed by atoms with Crippen molar-refractivity contribution < 1.29 is 27.3 Å². The minimum atomic E-state index is -4.69. The number of halogens is 3. The Bertz CT molecular complexity index is 741. The number of rotatable bonds is 5. The summed E-state index contributed by atoms with van der Waals surface area (Å²) in [5.41, 5.74) is 0. The Balaban J connectivity index is 2.01. The molecule has 0 aliphatic heterocycles. The van der Waals surface area contributed by atoms with Crippen LogP contribution >= 0.6 is 11.3 Å². The van der Waals surface area contributed by atoms with E-state index >= 15 is 0 Å². The van der Waals surface area contributed by atoms with Crippen molar-refractivity contribution in [3.8, 4) is 10.7 Å². The molecule has 2 amide bonds. The largest absolute Gasteiger partial charge is 0.471 e. The Morgan fingerprint density at radius 1 is 1.38 bits per heavy atom. The highest BCUT2D eigenvalue weighted by molar-refractivity contribution is 7.15. The van der Waals surface area contributed by atoms with Gasteiger partial charge in [-0.15, -0.1) is 11.3 Å². The first kappa shape index (κ1) is 17.9. The van der Waals surface area contributed by atoms with Crippen LogP contribution in [0.15, 0.2) is 16.7 Å². The summed E-state index contributed by atoms with van der Waals surface area (Å²) in [4.78, 5) is 28.4. The second-order valence-electron chi connectivity index (χ2n) is 4.85. The Kier molecular flexibility index (Phi) is 5.22. The average molecular weight is 362 g/mol. The Hall–Kier alpha value is -2.43. The quantitative estimate of drug-likeness (QED) is 0.878. The van der Waals surface area contributed by atoms with Gasteiger partial charge in [-0.25, -0.2) is 0 Å². The minimum absolute atomic E-state index is 0.121. The molecule has 0 saturated carbocycles. The number of nitrogens with zero attached hydrogens (tertiary/aromatic N) is 3. The van der Waals surface area contributed by atoms with E-state index in [1.165, 1.54) is 11.8 Å². The Morgan fingerprint density at radius 3 is 2.67 bits per heavy atom. The predicted octanol–water partition coefficient (Wildman–Crippen LogP) is 1.91. The van der Waals surface area contributed by atoms with Crippen molar-refractivity contribution >= 4 is 23.2 Å². The maximum Gasteiger partial charge on any atom is 0.471 e. The molecule has 0 aromatic carbocycles. The molecule has 11 heteroatoms. The molecule has 0 aliphatic rings. The number of carbonyl (C=O) groups excluding carboxylic acids is 2. The van der Waals surface area contributed by atoms with E-state index in [-0.39, 0.29) is 30.7 Å². The maximum absolute atomic E-state index is 12.4. The number of amides is 2. The van der Waals surface area contributed by atoms with E-state index < -0.39 is 12.1 Å². The van der Waals surface area contributed by atoms with Gasteiger partial charge in [-0.1, -0.05) is 5.16 Å². The number of hydrogen-bond acceptors (Lipinski definition) is 6. The van der Waals surface area contributed by atoms with Crippen LogP contribution in [0.25, 0.3) is 10.7 Å². The van der Waals surface area contributed by atoms with Gasteiger partial charge in [-0.3, -0.25) is 9.59 Å².